The van der Waals surface area contributed by atoms with Crippen molar-refractivity contribution in [1.82, 2.24) is 4.98 Å². The van der Waals surface area contributed by atoms with Crippen LogP contribution >= 0.6 is 12.2 Å². The zero-order valence-electron chi connectivity index (χ0n) is 7.07. The third-order valence-corrected chi connectivity index (χ3v) is 1.94. The maximum Gasteiger partial charge on any atom is 0.124 e. The Balaban J connectivity index is 2.83. The van der Waals surface area contributed by atoms with Gasteiger partial charge in [0, 0.05) is 11.6 Å². The van der Waals surface area contributed by atoms with E-state index < -0.39 is 0 Å². The Morgan fingerprint density at radius 1 is 1.36 bits per heavy atom. The molecule has 0 aliphatic carbocycles. The fourth-order valence-electron chi connectivity index (χ4n) is 1.25. The van der Waals surface area contributed by atoms with Crippen molar-refractivity contribution in [2.45, 2.75) is 0 Å². The number of benzene rings is 1. The van der Waals surface area contributed by atoms with E-state index in [0.717, 1.165) is 0 Å². The molecule has 2 aromatic rings. The molecule has 0 radical (unpaired) electrons. The molecule has 0 saturated carbocycles. The van der Waals surface area contributed by atoms with Gasteiger partial charge < -0.3 is 0 Å². The number of aliphatic imine (C=N–C) groups is 1. The summed E-state index contributed by atoms with van der Waals surface area (Å²) >= 11 is 4.50. The molecule has 0 bridgehead atoms. The van der Waals surface area contributed by atoms with Crippen LogP contribution in [0.15, 0.2) is 35.5 Å². The van der Waals surface area contributed by atoms with Gasteiger partial charge in [-0.05, 0) is 36.5 Å². The first kappa shape index (κ1) is 8.94. The van der Waals surface area contributed by atoms with Crippen LogP contribution in [0.1, 0.15) is 0 Å². The predicted molar refractivity (Wildman–Crippen MR) is 56.4 cm³/mol. The Kier molecular flexibility index (Phi) is 2.31. The summed E-state index contributed by atoms with van der Waals surface area (Å²) in [5.41, 5.74) is 1.28. The van der Waals surface area contributed by atoms with Crippen LogP contribution in [0.5, 0.6) is 0 Å². The predicted octanol–water partition coefficient (Wildman–Crippen LogP) is 3.11. The number of pyridine rings is 1. The summed E-state index contributed by atoms with van der Waals surface area (Å²) in [5.74, 6) is -0.314. The molecule has 0 saturated heterocycles. The topological polar surface area (TPSA) is 25.2 Å². The number of aromatic nitrogens is 1. The molecule has 1 aromatic heterocycles. The van der Waals surface area contributed by atoms with E-state index in [2.05, 4.69) is 27.4 Å². The Hall–Kier alpha value is -1.64. The van der Waals surface area contributed by atoms with Gasteiger partial charge in [0.15, 0.2) is 0 Å². The largest absolute Gasteiger partial charge is 0.256 e. The van der Waals surface area contributed by atoms with Gasteiger partial charge in [-0.1, -0.05) is 0 Å². The van der Waals surface area contributed by atoms with Crippen LogP contribution < -0.4 is 0 Å². The maximum atomic E-state index is 12.9. The van der Waals surface area contributed by atoms with Crippen molar-refractivity contribution in [2.24, 2.45) is 4.99 Å². The molecule has 0 aliphatic rings. The summed E-state index contributed by atoms with van der Waals surface area (Å²) in [7, 11) is 0. The molecular weight excluding hydrogens is 199 g/mol. The second-order valence-electron chi connectivity index (χ2n) is 2.69. The van der Waals surface area contributed by atoms with Gasteiger partial charge in [0.25, 0.3) is 0 Å². The highest BCUT2D eigenvalue weighted by Gasteiger charge is 2.01. The number of fused-ring (bicyclic) bond motifs is 1. The first-order valence-corrected chi connectivity index (χ1v) is 4.34. The monoisotopic (exact) mass is 204 g/mol. The second kappa shape index (κ2) is 3.62. The summed E-state index contributed by atoms with van der Waals surface area (Å²) in [6.45, 7) is 0. The molecule has 68 valence electrons. The normalized spacial score (nSPS) is 9.79. The van der Waals surface area contributed by atoms with Gasteiger partial charge >= 0.3 is 0 Å². The number of nitrogens with zero attached hydrogens (tertiary/aromatic N) is 2. The van der Waals surface area contributed by atoms with E-state index in [0.29, 0.717) is 16.6 Å². The lowest BCUT2D eigenvalue weighted by Crippen LogP contribution is -1.80. The molecule has 0 unspecified atom stereocenters. The number of hydrogen-bond acceptors (Lipinski definition) is 3. The van der Waals surface area contributed by atoms with E-state index in [1.165, 1.54) is 12.1 Å². The Labute approximate surface area is 85.1 Å². The summed E-state index contributed by atoms with van der Waals surface area (Å²) in [6, 6.07) is 6.02. The van der Waals surface area contributed by atoms with Gasteiger partial charge in [-0.3, -0.25) is 4.98 Å². The lowest BCUT2D eigenvalue weighted by molar-refractivity contribution is 0.629. The minimum absolute atomic E-state index is 0.314. The Morgan fingerprint density at radius 3 is 3.00 bits per heavy atom. The van der Waals surface area contributed by atoms with Crippen LogP contribution in [0.3, 0.4) is 0 Å². The van der Waals surface area contributed by atoms with Crippen LogP contribution in [0.25, 0.3) is 10.9 Å². The van der Waals surface area contributed by atoms with E-state index in [4.69, 9.17) is 0 Å². The first-order valence-electron chi connectivity index (χ1n) is 3.93. The number of thiocarbonyl (C=S) groups is 1. The van der Waals surface area contributed by atoms with Gasteiger partial charge in [0.2, 0.25) is 0 Å². The number of rotatable bonds is 1. The minimum atomic E-state index is -0.314. The van der Waals surface area contributed by atoms with E-state index in [9.17, 15) is 4.39 Å². The van der Waals surface area contributed by atoms with Gasteiger partial charge in [-0.2, -0.15) is 4.99 Å². The van der Waals surface area contributed by atoms with Crippen LogP contribution in [-0.4, -0.2) is 10.1 Å². The van der Waals surface area contributed by atoms with E-state index in [1.54, 1.807) is 18.3 Å². The van der Waals surface area contributed by atoms with Gasteiger partial charge in [0.05, 0.1) is 16.4 Å². The zero-order chi connectivity index (χ0) is 9.97. The average Bonchev–Trinajstić information content (AvgIpc) is 2.19. The summed E-state index contributed by atoms with van der Waals surface area (Å²) < 4.78 is 12.9. The molecule has 1 aromatic carbocycles. The molecule has 14 heavy (non-hydrogen) atoms. The highest BCUT2D eigenvalue weighted by Crippen LogP contribution is 2.24. The molecule has 4 heteroatoms. The average molecular weight is 204 g/mol. The lowest BCUT2D eigenvalue weighted by atomic mass is 10.2. The van der Waals surface area contributed by atoms with Crippen LogP contribution in [0.4, 0.5) is 10.1 Å². The van der Waals surface area contributed by atoms with E-state index in [-0.39, 0.29) is 5.82 Å². The summed E-state index contributed by atoms with van der Waals surface area (Å²) in [4.78, 5) is 7.91. The number of hydrogen-bond donors (Lipinski definition) is 0. The number of halogens is 1. The molecule has 2 nitrogen and oxygen atoms in total. The van der Waals surface area contributed by atoms with Crippen molar-refractivity contribution in [1.29, 1.82) is 0 Å². The molecule has 0 fully saturated rings. The van der Waals surface area contributed by atoms with Crippen molar-refractivity contribution in [3.05, 3.63) is 36.3 Å². The van der Waals surface area contributed by atoms with Crippen molar-refractivity contribution in [3.8, 4) is 0 Å². The second-order valence-corrected chi connectivity index (χ2v) is 2.88. The SMILES string of the molecule is Fc1ccc2nccc(N=C=S)c2c1. The third-order valence-electron chi connectivity index (χ3n) is 1.85. The smallest absolute Gasteiger partial charge is 0.124 e. The maximum absolute atomic E-state index is 12.9. The van der Waals surface area contributed by atoms with Crippen molar-refractivity contribution in [3.63, 3.8) is 0 Å². The zero-order valence-corrected chi connectivity index (χ0v) is 7.88. The fraction of sp³-hybridized carbons (Fsp3) is 0. The Bertz CT molecular complexity index is 533. The fourth-order valence-corrected chi connectivity index (χ4v) is 1.35. The van der Waals surface area contributed by atoms with Gasteiger partial charge in [-0.15, -0.1) is 0 Å². The van der Waals surface area contributed by atoms with Crippen LogP contribution in [0, 0.1) is 5.82 Å². The summed E-state index contributed by atoms with van der Waals surface area (Å²) in [5, 5.41) is 2.90. The van der Waals surface area contributed by atoms with Crippen LogP contribution in [0.2, 0.25) is 0 Å². The number of isothiocyanates is 1. The summed E-state index contributed by atoms with van der Waals surface area (Å²) in [6.07, 6.45) is 1.60. The molecule has 2 rings (SSSR count). The third kappa shape index (κ3) is 1.53. The first-order chi connectivity index (χ1) is 6.81. The highest BCUT2D eigenvalue weighted by atomic mass is 32.1. The lowest BCUT2D eigenvalue weighted by Gasteiger charge is -1.99. The van der Waals surface area contributed by atoms with Crippen molar-refractivity contribution < 1.29 is 4.39 Å². The quantitative estimate of drug-likeness (QED) is 0.526. The Morgan fingerprint density at radius 2 is 2.21 bits per heavy atom. The van der Waals surface area contributed by atoms with E-state index in [1.807, 2.05) is 0 Å². The minimum Gasteiger partial charge on any atom is -0.256 e. The molecule has 0 N–H and O–H groups in total. The molecule has 0 amide bonds. The van der Waals surface area contributed by atoms with Crippen molar-refractivity contribution >= 4 is 34.0 Å². The van der Waals surface area contributed by atoms with E-state index >= 15 is 0 Å². The molecule has 0 aliphatic heterocycles. The van der Waals surface area contributed by atoms with Crippen LogP contribution in [-0.2, 0) is 0 Å². The van der Waals surface area contributed by atoms with Crippen molar-refractivity contribution in [2.75, 3.05) is 0 Å². The molecular formula is C10H5FN2S. The molecule has 0 spiro atoms. The van der Waals surface area contributed by atoms with Gasteiger partial charge in [0.1, 0.15) is 5.82 Å². The van der Waals surface area contributed by atoms with Gasteiger partial charge in [-0.25, -0.2) is 4.39 Å². The molecule has 0 atom stereocenters. The molecule has 1 heterocycles. The standard InChI is InChI=1S/C10H5FN2S/c11-7-1-2-9-8(5-7)10(13-6-14)3-4-12-9/h1-5H. The highest BCUT2D eigenvalue weighted by molar-refractivity contribution is 7.78.